The molecule has 0 aromatic carbocycles. The maximum atomic E-state index is 0. The molecule has 12 heteroatoms. The van der Waals surface area contributed by atoms with Gasteiger partial charge in [-0.1, -0.05) is 0 Å². The summed E-state index contributed by atoms with van der Waals surface area (Å²) in [7, 11) is 0. The van der Waals surface area contributed by atoms with Crippen LogP contribution >= 0.6 is 0 Å². The smallest absolute Gasteiger partial charge is 0.870 e. The molecule has 21 N–H and O–H groups in total. The van der Waals surface area contributed by atoms with E-state index in [1.165, 1.54) is 0 Å². The molecule has 0 spiro atoms. The fourth-order valence-corrected chi connectivity index (χ4v) is 0. The van der Waals surface area contributed by atoms with Crippen molar-refractivity contribution in [2.45, 2.75) is 0 Å². The molecule has 0 bridgehead atoms. The van der Waals surface area contributed by atoms with Gasteiger partial charge in [0.05, 0.1) is 0 Å². The predicted molar refractivity (Wildman–Crippen MR) is 38.1 cm³/mol. The summed E-state index contributed by atoms with van der Waals surface area (Å²) in [5, 5.41) is 0. The van der Waals surface area contributed by atoms with Crippen molar-refractivity contribution in [3.05, 3.63) is 0 Å². The van der Waals surface area contributed by atoms with Crippen molar-refractivity contribution in [1.29, 1.82) is 0 Å². The molecule has 11 nitrogen and oxygen atoms in total. The van der Waals surface area contributed by atoms with E-state index in [9.17, 15) is 0 Å². The van der Waals surface area contributed by atoms with E-state index in [0.717, 1.165) is 0 Å². The van der Waals surface area contributed by atoms with Crippen molar-refractivity contribution in [1.82, 2.24) is 0 Å². The fraction of sp³-hybridized carbons (Fsp3) is 0. The van der Waals surface area contributed by atoms with Crippen molar-refractivity contribution in [2.24, 2.45) is 0 Å². The first kappa shape index (κ1) is 5350. The Morgan fingerprint density at radius 2 is 0.250 bits per heavy atom. The van der Waals surface area contributed by atoms with Gasteiger partial charge in [0.2, 0.25) is 0 Å². The zero-order chi connectivity index (χ0) is 0. The maximum Gasteiger partial charge on any atom is 1.00 e. The van der Waals surface area contributed by atoms with Gasteiger partial charge in [-0.25, -0.2) is 0 Å². The van der Waals surface area contributed by atoms with E-state index in [2.05, 4.69) is 0 Å². The van der Waals surface area contributed by atoms with Crippen LogP contribution in [0.25, 0.3) is 0 Å². The summed E-state index contributed by atoms with van der Waals surface area (Å²) < 4.78 is 0. The second-order valence-electron chi connectivity index (χ2n) is 0. The molecule has 0 radical (unpaired) electrons. The molecule has 0 unspecified atom stereocenters. The molecular weight excluding hydrogens is 199 g/mol. The molecule has 0 saturated heterocycles. The Bertz CT molecular complexity index is 4.97. The van der Waals surface area contributed by atoms with Crippen molar-refractivity contribution < 1.29 is 89.8 Å². The molecule has 0 heterocycles. The van der Waals surface area contributed by atoms with E-state index in [1.54, 1.807) is 0 Å². The van der Waals surface area contributed by atoms with Gasteiger partial charge in [-0.15, -0.1) is 0 Å². The van der Waals surface area contributed by atoms with E-state index >= 15 is 0 Å². The normalized spacial score (nSPS) is 0. The Kier molecular flexibility index (Phi) is 1830000. The average Bonchev–Trinajstić information content (AvgIpc) is 0. The van der Waals surface area contributed by atoms with Crippen molar-refractivity contribution in [3.8, 4) is 0 Å². The minimum Gasteiger partial charge on any atom is -0.870 e. The summed E-state index contributed by atoms with van der Waals surface area (Å²) in [6.45, 7) is 0. The molecule has 88 valence electrons. The third kappa shape index (κ3) is 3080. The summed E-state index contributed by atoms with van der Waals surface area (Å²) in [4.78, 5) is 0. The summed E-state index contributed by atoms with van der Waals surface area (Å²) >= 11 is 0. The Morgan fingerprint density at radius 1 is 0.250 bits per heavy atom. The fourth-order valence-electron chi connectivity index (χ4n) is 0. The van der Waals surface area contributed by atoms with Crippen molar-refractivity contribution in [3.63, 3.8) is 0 Å². The molecule has 0 atom stereocenters. The van der Waals surface area contributed by atoms with Gasteiger partial charge < -0.3 is 60.2 Å². The van der Waals surface area contributed by atoms with E-state index in [-0.39, 0.29) is 89.8 Å². The standard InChI is InChI=1S/Na.11H2O/h;11*1H2/q+1;;;;;;;;;;;/p-1. The molecule has 0 saturated carbocycles. The molecule has 0 fully saturated rings. The van der Waals surface area contributed by atoms with Crippen LogP contribution in [-0.2, 0) is 0 Å². The largest absolute Gasteiger partial charge is 1.00 e. The average molecular weight is 220 g/mol. The number of rotatable bonds is 0. The first-order valence-electron chi connectivity index (χ1n) is 0. The van der Waals surface area contributed by atoms with Crippen LogP contribution in [0.15, 0.2) is 0 Å². The summed E-state index contributed by atoms with van der Waals surface area (Å²) in [6, 6.07) is 0. The van der Waals surface area contributed by atoms with E-state index in [1.807, 2.05) is 0 Å². The third-order valence-corrected chi connectivity index (χ3v) is 0. The quantitative estimate of drug-likeness (QED) is 0.352. The van der Waals surface area contributed by atoms with Gasteiger partial charge in [-0.3, -0.25) is 0 Å². The Hall–Kier alpha value is 0.560. The van der Waals surface area contributed by atoms with E-state index in [0.29, 0.717) is 0 Å². The predicted octanol–water partition coefficient (Wildman–Crippen LogP) is -11.4. The second kappa shape index (κ2) is 4110. The van der Waals surface area contributed by atoms with Crippen molar-refractivity contribution >= 4 is 0 Å². The first-order chi connectivity index (χ1) is 0. The molecule has 0 amide bonds. The molecule has 0 aromatic heterocycles. The van der Waals surface area contributed by atoms with E-state index in [4.69, 9.17) is 0 Å². The van der Waals surface area contributed by atoms with Crippen LogP contribution in [0, 0.1) is 0 Å². The van der Waals surface area contributed by atoms with Crippen LogP contribution in [0.2, 0.25) is 0 Å². The SMILES string of the molecule is O.O.O.O.O.O.O.O.O.O.[Na+].[OH-]. The molecule has 0 aliphatic carbocycles. The minimum atomic E-state index is 0. The van der Waals surface area contributed by atoms with Gasteiger partial charge in [0.15, 0.2) is 0 Å². The zero-order valence-corrected chi connectivity index (χ0v) is 8.45. The Labute approximate surface area is 90.1 Å². The van der Waals surface area contributed by atoms with Crippen LogP contribution in [0.4, 0.5) is 0 Å². The Morgan fingerprint density at radius 3 is 0.250 bits per heavy atom. The zero-order valence-electron chi connectivity index (χ0n) is 6.45. The summed E-state index contributed by atoms with van der Waals surface area (Å²) in [6.07, 6.45) is 0. The van der Waals surface area contributed by atoms with Gasteiger partial charge in [0.1, 0.15) is 0 Å². The second-order valence-corrected chi connectivity index (χ2v) is 0. The minimum absolute atomic E-state index is 0. The van der Waals surface area contributed by atoms with Gasteiger partial charge in [0, 0.05) is 0 Å². The first-order valence-corrected chi connectivity index (χ1v) is 0. The van der Waals surface area contributed by atoms with Gasteiger partial charge in [0.25, 0.3) is 0 Å². The number of hydrogen-bond donors (Lipinski definition) is 0. The molecule has 0 aromatic rings. The van der Waals surface area contributed by atoms with Gasteiger partial charge >= 0.3 is 29.6 Å². The van der Waals surface area contributed by atoms with Crippen LogP contribution in [0.1, 0.15) is 0 Å². The van der Waals surface area contributed by atoms with Crippen LogP contribution in [0.5, 0.6) is 0 Å². The van der Waals surface area contributed by atoms with Crippen LogP contribution < -0.4 is 29.6 Å². The molecule has 0 rings (SSSR count). The molecular formula is H21NaO11. The topological polar surface area (TPSA) is 345 Å². The molecule has 0 aliphatic heterocycles. The van der Waals surface area contributed by atoms with Crippen LogP contribution in [0.3, 0.4) is 0 Å². The maximum absolute atomic E-state index is 0. The number of hydrogen-bond acceptors (Lipinski definition) is 1. The van der Waals surface area contributed by atoms with Crippen molar-refractivity contribution in [2.75, 3.05) is 0 Å². The van der Waals surface area contributed by atoms with Crippen LogP contribution in [-0.4, -0.2) is 60.2 Å². The third-order valence-electron chi connectivity index (χ3n) is 0. The summed E-state index contributed by atoms with van der Waals surface area (Å²) in [5.74, 6) is 0. The monoisotopic (exact) mass is 220 g/mol. The van der Waals surface area contributed by atoms with Gasteiger partial charge in [-0.05, 0) is 0 Å². The molecule has 0 aliphatic rings. The summed E-state index contributed by atoms with van der Waals surface area (Å²) in [5.41, 5.74) is 0. The van der Waals surface area contributed by atoms with E-state index < -0.39 is 0 Å². The Balaban J connectivity index is 0. The van der Waals surface area contributed by atoms with Gasteiger partial charge in [-0.2, -0.15) is 0 Å². The molecule has 12 heavy (non-hydrogen) atoms.